The van der Waals surface area contributed by atoms with Gasteiger partial charge >= 0.3 is 5.97 Å². The van der Waals surface area contributed by atoms with Crippen LogP contribution in [-0.2, 0) is 14.3 Å². The van der Waals surface area contributed by atoms with Gasteiger partial charge in [0.2, 0.25) is 4.75 Å². The van der Waals surface area contributed by atoms with Crippen LogP contribution in [0.1, 0.15) is 20.3 Å². The summed E-state index contributed by atoms with van der Waals surface area (Å²) in [5, 5.41) is 3.08. The van der Waals surface area contributed by atoms with E-state index in [4.69, 9.17) is 9.47 Å². The van der Waals surface area contributed by atoms with E-state index in [1.54, 1.807) is 19.1 Å². The number of carbonyl (C=O) groups is 2. The average Bonchev–Trinajstić information content (AvgIpc) is 2.93. The number of hydrogen-bond acceptors (Lipinski definition) is 6. The summed E-state index contributed by atoms with van der Waals surface area (Å²) in [7, 11) is 0. The van der Waals surface area contributed by atoms with E-state index in [-0.39, 0.29) is 12.0 Å². The summed E-state index contributed by atoms with van der Waals surface area (Å²) in [5.74, 6) is -0.0739. The molecule has 2 fully saturated rings. The predicted molar refractivity (Wildman–Crippen MR) is 83.3 cm³/mol. The number of benzene rings is 1. The van der Waals surface area contributed by atoms with Crippen LogP contribution in [0.5, 0.6) is 5.75 Å². The number of hydrogen-bond donors (Lipinski definition) is 1. The number of ether oxygens (including phenoxy) is 2. The van der Waals surface area contributed by atoms with E-state index in [9.17, 15) is 9.59 Å². The minimum Gasteiger partial charge on any atom is -0.494 e. The zero-order valence-corrected chi connectivity index (χ0v) is 13.1. The van der Waals surface area contributed by atoms with E-state index < -0.39 is 10.7 Å². The molecule has 2 aliphatic heterocycles. The van der Waals surface area contributed by atoms with Gasteiger partial charge in [0.25, 0.3) is 5.91 Å². The summed E-state index contributed by atoms with van der Waals surface area (Å²) < 4.78 is 9.31. The third-order valence-corrected chi connectivity index (χ3v) is 4.70. The molecule has 0 saturated carbocycles. The van der Waals surface area contributed by atoms with Crippen molar-refractivity contribution in [1.82, 2.24) is 5.32 Å². The molecule has 0 aliphatic carbocycles. The van der Waals surface area contributed by atoms with Crippen molar-refractivity contribution in [2.24, 2.45) is 4.99 Å². The number of nitrogens with one attached hydrogen (secondary N) is 1. The first-order valence-corrected chi connectivity index (χ1v) is 7.88. The quantitative estimate of drug-likeness (QED) is 0.681. The summed E-state index contributed by atoms with van der Waals surface area (Å²) in [4.78, 5) is 28.5. The molecule has 1 aromatic carbocycles. The fourth-order valence-electron chi connectivity index (χ4n) is 2.46. The monoisotopic (exact) mass is 320 g/mol. The molecule has 1 amide bonds. The number of rotatable bonds is 3. The molecule has 1 aromatic rings. The van der Waals surface area contributed by atoms with Crippen LogP contribution in [0.15, 0.2) is 29.3 Å². The molecule has 0 bridgehead atoms. The standard InChI is InChI=1S/C15H16N2O4S/c1-3-20-11-6-4-10(5-7-11)16-14-17-12(18)15(22-14)8-9(2)21-13(15)19/h4-7,9H,3,8H2,1-2H3,(H,16,17,18). The minimum absolute atomic E-state index is 0.254. The summed E-state index contributed by atoms with van der Waals surface area (Å²) in [6.07, 6.45) is 0.112. The van der Waals surface area contributed by atoms with Crippen LogP contribution in [0.3, 0.4) is 0 Å². The minimum atomic E-state index is -1.18. The molecule has 2 saturated heterocycles. The van der Waals surface area contributed by atoms with Crippen molar-refractivity contribution in [3.8, 4) is 5.75 Å². The highest BCUT2D eigenvalue weighted by Crippen LogP contribution is 2.42. The van der Waals surface area contributed by atoms with Crippen molar-refractivity contribution in [3.63, 3.8) is 0 Å². The number of amides is 1. The lowest BCUT2D eigenvalue weighted by atomic mass is 10.0. The van der Waals surface area contributed by atoms with E-state index in [0.717, 1.165) is 17.5 Å². The van der Waals surface area contributed by atoms with Crippen LogP contribution in [0, 0.1) is 0 Å². The molecule has 22 heavy (non-hydrogen) atoms. The molecule has 116 valence electrons. The second-order valence-electron chi connectivity index (χ2n) is 5.15. The van der Waals surface area contributed by atoms with Crippen molar-refractivity contribution in [2.45, 2.75) is 31.1 Å². The van der Waals surface area contributed by atoms with Crippen LogP contribution >= 0.6 is 11.8 Å². The van der Waals surface area contributed by atoms with Gasteiger partial charge in [0.05, 0.1) is 12.3 Å². The number of aliphatic imine (C=N–C) groups is 1. The Morgan fingerprint density at radius 1 is 1.41 bits per heavy atom. The van der Waals surface area contributed by atoms with Gasteiger partial charge in [-0.05, 0) is 38.1 Å². The van der Waals surface area contributed by atoms with Crippen LogP contribution in [0.2, 0.25) is 0 Å². The van der Waals surface area contributed by atoms with Gasteiger partial charge < -0.3 is 14.8 Å². The summed E-state index contributed by atoms with van der Waals surface area (Å²) in [6, 6.07) is 7.22. The number of amidine groups is 1. The average molecular weight is 320 g/mol. The van der Waals surface area contributed by atoms with E-state index in [1.807, 2.05) is 19.1 Å². The molecule has 6 nitrogen and oxygen atoms in total. The Morgan fingerprint density at radius 3 is 2.73 bits per heavy atom. The third kappa shape index (κ3) is 2.56. The lowest BCUT2D eigenvalue weighted by Gasteiger charge is -2.10. The maximum Gasteiger partial charge on any atom is 0.332 e. The molecule has 1 N–H and O–H groups in total. The number of thioether (sulfide) groups is 1. The van der Waals surface area contributed by atoms with Crippen molar-refractivity contribution in [3.05, 3.63) is 24.3 Å². The van der Waals surface area contributed by atoms with Gasteiger partial charge in [-0.3, -0.25) is 4.79 Å². The lowest BCUT2D eigenvalue weighted by Crippen LogP contribution is -2.40. The molecular weight excluding hydrogens is 304 g/mol. The van der Waals surface area contributed by atoms with E-state index in [0.29, 0.717) is 23.9 Å². The fourth-order valence-corrected chi connectivity index (χ4v) is 3.68. The van der Waals surface area contributed by atoms with Gasteiger partial charge in [0.1, 0.15) is 11.9 Å². The first-order valence-electron chi connectivity index (χ1n) is 7.06. The maximum absolute atomic E-state index is 12.2. The Bertz CT molecular complexity index is 643. The SMILES string of the molecule is CCOc1ccc(N=C2NC(=O)C3(CC(C)OC3=O)S2)cc1. The lowest BCUT2D eigenvalue weighted by molar-refractivity contribution is -0.144. The van der Waals surface area contributed by atoms with Crippen LogP contribution < -0.4 is 10.1 Å². The smallest absolute Gasteiger partial charge is 0.332 e. The second-order valence-corrected chi connectivity index (χ2v) is 6.43. The van der Waals surface area contributed by atoms with Crippen LogP contribution in [0.25, 0.3) is 0 Å². The van der Waals surface area contributed by atoms with Crippen molar-refractivity contribution in [2.75, 3.05) is 6.61 Å². The maximum atomic E-state index is 12.2. The molecule has 0 aromatic heterocycles. The molecule has 0 radical (unpaired) electrons. The summed E-state index contributed by atoms with van der Waals surface area (Å²) >= 11 is 1.13. The van der Waals surface area contributed by atoms with Crippen molar-refractivity contribution < 1.29 is 19.1 Å². The van der Waals surface area contributed by atoms with Gasteiger partial charge in [-0.25, -0.2) is 9.79 Å². The number of carbonyl (C=O) groups excluding carboxylic acids is 2. The Hall–Kier alpha value is -2.02. The largest absolute Gasteiger partial charge is 0.494 e. The second kappa shape index (κ2) is 5.64. The predicted octanol–water partition coefficient (Wildman–Crippen LogP) is 2.01. The molecule has 2 atom stereocenters. The molecule has 3 rings (SSSR count). The van der Waals surface area contributed by atoms with Gasteiger partial charge in [0.15, 0.2) is 5.17 Å². The van der Waals surface area contributed by atoms with E-state index in [2.05, 4.69) is 10.3 Å². The van der Waals surface area contributed by atoms with Gasteiger partial charge in [-0.1, -0.05) is 11.8 Å². The van der Waals surface area contributed by atoms with Gasteiger partial charge in [-0.15, -0.1) is 0 Å². The molecule has 7 heteroatoms. The van der Waals surface area contributed by atoms with Gasteiger partial charge in [-0.2, -0.15) is 0 Å². The van der Waals surface area contributed by atoms with Crippen molar-refractivity contribution in [1.29, 1.82) is 0 Å². The molecule has 2 unspecified atom stereocenters. The Morgan fingerprint density at radius 2 is 2.14 bits per heavy atom. The zero-order chi connectivity index (χ0) is 15.7. The third-order valence-electron chi connectivity index (χ3n) is 3.45. The first-order chi connectivity index (χ1) is 10.5. The zero-order valence-electron chi connectivity index (χ0n) is 12.3. The van der Waals surface area contributed by atoms with Crippen LogP contribution in [0.4, 0.5) is 5.69 Å². The van der Waals surface area contributed by atoms with Crippen molar-refractivity contribution >= 4 is 34.5 Å². The number of nitrogens with zero attached hydrogens (tertiary/aromatic N) is 1. The Balaban J connectivity index is 1.79. The summed E-state index contributed by atoms with van der Waals surface area (Å²) in [5.41, 5.74) is 0.683. The fraction of sp³-hybridized carbons (Fsp3) is 0.400. The van der Waals surface area contributed by atoms with Gasteiger partial charge in [0, 0.05) is 6.42 Å². The Kier molecular flexibility index (Phi) is 3.82. The highest BCUT2D eigenvalue weighted by molar-refractivity contribution is 8.17. The normalized spacial score (nSPS) is 29.0. The molecular formula is C15H16N2O4S. The Labute approximate surface area is 132 Å². The first kappa shape index (κ1) is 14.9. The number of cyclic esters (lactones) is 1. The molecule has 2 heterocycles. The topological polar surface area (TPSA) is 77.0 Å². The highest BCUT2D eigenvalue weighted by atomic mass is 32.2. The van der Waals surface area contributed by atoms with E-state index >= 15 is 0 Å². The van der Waals surface area contributed by atoms with Crippen LogP contribution in [-0.4, -0.2) is 34.5 Å². The van der Waals surface area contributed by atoms with E-state index in [1.165, 1.54) is 0 Å². The summed E-state index contributed by atoms with van der Waals surface area (Å²) in [6.45, 7) is 4.30. The number of esters is 1. The highest BCUT2D eigenvalue weighted by Gasteiger charge is 2.59. The molecule has 2 aliphatic rings. The molecule has 1 spiro atoms.